The fourth-order valence-electron chi connectivity index (χ4n) is 3.49. The second kappa shape index (κ2) is 8.36. The number of ether oxygens (including phenoxy) is 1. The van der Waals surface area contributed by atoms with E-state index in [2.05, 4.69) is 15.5 Å². The molecule has 4 aromatic rings. The van der Waals surface area contributed by atoms with Gasteiger partial charge < -0.3 is 14.5 Å². The molecule has 0 aliphatic carbocycles. The maximum absolute atomic E-state index is 12.3. The van der Waals surface area contributed by atoms with Crippen molar-refractivity contribution in [2.24, 2.45) is 0 Å². The van der Waals surface area contributed by atoms with Crippen LogP contribution in [-0.4, -0.2) is 34.2 Å². The standard InChI is InChI=1S/C22H22N4O4/c1-14-11-22(28)30-18-13-17(29-2)15(12-16(14)18)6-7-21(27)23-9-8-20-25-24-19-5-3-4-10-26(19)20/h3-5,10-13H,6-9H2,1-2H3,(H,23,27). The van der Waals surface area contributed by atoms with Gasteiger partial charge in [0.05, 0.1) is 7.11 Å². The van der Waals surface area contributed by atoms with Crippen molar-refractivity contribution in [3.63, 3.8) is 0 Å². The topological polar surface area (TPSA) is 98.7 Å². The monoisotopic (exact) mass is 406 g/mol. The Kier molecular flexibility index (Phi) is 5.47. The number of hydrogen-bond donors (Lipinski definition) is 1. The lowest BCUT2D eigenvalue weighted by atomic mass is 10.0. The number of carbonyl (C=O) groups excluding carboxylic acids is 1. The Bertz CT molecular complexity index is 1280. The molecule has 0 saturated carbocycles. The number of aromatic nitrogens is 3. The van der Waals surface area contributed by atoms with Crippen molar-refractivity contribution in [2.75, 3.05) is 13.7 Å². The van der Waals surface area contributed by atoms with Crippen LogP contribution in [-0.2, 0) is 17.6 Å². The van der Waals surface area contributed by atoms with Gasteiger partial charge in [-0.05, 0) is 42.7 Å². The van der Waals surface area contributed by atoms with Crippen molar-refractivity contribution in [3.05, 3.63) is 70.0 Å². The molecule has 8 heteroatoms. The molecule has 154 valence electrons. The van der Waals surface area contributed by atoms with Gasteiger partial charge in [-0.25, -0.2) is 4.79 Å². The van der Waals surface area contributed by atoms with Crippen molar-refractivity contribution in [3.8, 4) is 5.75 Å². The molecular weight excluding hydrogens is 384 g/mol. The van der Waals surface area contributed by atoms with Crippen LogP contribution in [0.15, 0.2) is 51.8 Å². The van der Waals surface area contributed by atoms with E-state index in [0.717, 1.165) is 28.0 Å². The second-order valence-corrected chi connectivity index (χ2v) is 7.05. The van der Waals surface area contributed by atoms with E-state index in [0.29, 0.717) is 37.1 Å². The summed E-state index contributed by atoms with van der Waals surface area (Å²) < 4.78 is 12.6. The highest BCUT2D eigenvalue weighted by Crippen LogP contribution is 2.28. The van der Waals surface area contributed by atoms with Crippen LogP contribution in [0.5, 0.6) is 5.75 Å². The first kappa shape index (κ1) is 19.6. The number of nitrogens with zero attached hydrogens (tertiary/aromatic N) is 3. The highest BCUT2D eigenvalue weighted by atomic mass is 16.5. The van der Waals surface area contributed by atoms with Crippen molar-refractivity contribution >= 4 is 22.5 Å². The summed E-state index contributed by atoms with van der Waals surface area (Å²) in [5, 5.41) is 12.0. The summed E-state index contributed by atoms with van der Waals surface area (Å²) in [6.07, 6.45) is 3.33. The molecule has 0 aliphatic rings. The van der Waals surface area contributed by atoms with Crippen LogP contribution in [0, 0.1) is 6.92 Å². The Balaban J connectivity index is 1.38. The maximum atomic E-state index is 12.3. The van der Waals surface area contributed by atoms with Crippen molar-refractivity contribution in [2.45, 2.75) is 26.2 Å². The molecule has 0 unspecified atom stereocenters. The smallest absolute Gasteiger partial charge is 0.336 e. The number of nitrogens with one attached hydrogen (secondary N) is 1. The SMILES string of the molecule is COc1cc2oc(=O)cc(C)c2cc1CCC(=O)NCCc1nnc2ccccn12. The van der Waals surface area contributed by atoms with E-state index < -0.39 is 5.63 Å². The fourth-order valence-corrected chi connectivity index (χ4v) is 3.49. The minimum atomic E-state index is -0.394. The summed E-state index contributed by atoms with van der Waals surface area (Å²) in [6, 6.07) is 10.8. The molecular formula is C22H22N4O4. The molecule has 0 aliphatic heterocycles. The predicted octanol–water partition coefficient (Wildman–Crippen LogP) is 2.44. The molecule has 0 atom stereocenters. The van der Waals surface area contributed by atoms with Gasteiger partial charge in [0.15, 0.2) is 5.65 Å². The minimum absolute atomic E-state index is 0.0534. The van der Waals surface area contributed by atoms with Crippen LogP contribution in [0.3, 0.4) is 0 Å². The van der Waals surface area contributed by atoms with Gasteiger partial charge in [-0.1, -0.05) is 6.07 Å². The molecule has 0 radical (unpaired) electrons. The van der Waals surface area contributed by atoms with Gasteiger partial charge in [0, 0.05) is 43.1 Å². The Labute approximate surface area is 172 Å². The zero-order valence-electron chi connectivity index (χ0n) is 16.8. The van der Waals surface area contributed by atoms with Gasteiger partial charge >= 0.3 is 5.63 Å². The molecule has 1 aromatic carbocycles. The summed E-state index contributed by atoms with van der Waals surface area (Å²) in [5.41, 5.74) is 2.59. The van der Waals surface area contributed by atoms with Gasteiger partial charge in [0.1, 0.15) is 17.2 Å². The van der Waals surface area contributed by atoms with E-state index in [1.807, 2.05) is 41.8 Å². The van der Waals surface area contributed by atoms with Crippen molar-refractivity contribution < 1.29 is 13.9 Å². The van der Waals surface area contributed by atoms with Crippen LogP contribution in [0.4, 0.5) is 0 Å². The van der Waals surface area contributed by atoms with Gasteiger partial charge in [-0.3, -0.25) is 9.20 Å². The van der Waals surface area contributed by atoms with E-state index in [9.17, 15) is 9.59 Å². The molecule has 0 fully saturated rings. The average molecular weight is 406 g/mol. The molecule has 0 bridgehead atoms. The number of benzene rings is 1. The van der Waals surface area contributed by atoms with Crippen LogP contribution in [0.25, 0.3) is 16.6 Å². The first-order chi connectivity index (χ1) is 14.5. The Morgan fingerprint density at radius 1 is 1.20 bits per heavy atom. The molecule has 0 spiro atoms. The number of hydrogen-bond acceptors (Lipinski definition) is 6. The number of amides is 1. The molecule has 3 aromatic heterocycles. The van der Waals surface area contributed by atoms with E-state index in [1.54, 1.807) is 13.2 Å². The number of rotatable bonds is 7. The predicted molar refractivity (Wildman–Crippen MR) is 112 cm³/mol. The van der Waals surface area contributed by atoms with Crippen molar-refractivity contribution in [1.29, 1.82) is 0 Å². The lowest BCUT2D eigenvalue weighted by Crippen LogP contribution is -2.26. The van der Waals surface area contributed by atoms with Crippen LogP contribution >= 0.6 is 0 Å². The van der Waals surface area contributed by atoms with Gasteiger partial charge in [-0.2, -0.15) is 0 Å². The summed E-state index contributed by atoms with van der Waals surface area (Å²) in [6.45, 7) is 2.34. The molecule has 30 heavy (non-hydrogen) atoms. The number of methoxy groups -OCH3 is 1. The third-order valence-electron chi connectivity index (χ3n) is 5.03. The second-order valence-electron chi connectivity index (χ2n) is 7.05. The largest absolute Gasteiger partial charge is 0.496 e. The number of pyridine rings is 1. The normalized spacial score (nSPS) is 11.1. The minimum Gasteiger partial charge on any atom is -0.496 e. The lowest BCUT2D eigenvalue weighted by molar-refractivity contribution is -0.121. The lowest BCUT2D eigenvalue weighted by Gasteiger charge is -2.11. The van der Waals surface area contributed by atoms with E-state index in [-0.39, 0.29) is 5.91 Å². The zero-order chi connectivity index (χ0) is 21.1. The fraction of sp³-hybridized carbons (Fsp3) is 0.273. The third-order valence-corrected chi connectivity index (χ3v) is 5.03. The Morgan fingerprint density at radius 2 is 2.07 bits per heavy atom. The van der Waals surface area contributed by atoms with Crippen molar-refractivity contribution in [1.82, 2.24) is 19.9 Å². The van der Waals surface area contributed by atoms with Gasteiger partial charge in [0.2, 0.25) is 5.91 Å². The van der Waals surface area contributed by atoms with Crippen LogP contribution in [0.1, 0.15) is 23.4 Å². The van der Waals surface area contributed by atoms with Gasteiger partial charge in [0.25, 0.3) is 0 Å². The molecule has 3 heterocycles. The summed E-state index contributed by atoms with van der Waals surface area (Å²) in [5.74, 6) is 1.35. The average Bonchev–Trinajstić information content (AvgIpc) is 3.15. The highest BCUT2D eigenvalue weighted by Gasteiger charge is 2.12. The van der Waals surface area contributed by atoms with Gasteiger partial charge in [-0.15, -0.1) is 10.2 Å². The zero-order valence-corrected chi connectivity index (χ0v) is 16.8. The summed E-state index contributed by atoms with van der Waals surface area (Å²) in [7, 11) is 1.56. The first-order valence-electron chi connectivity index (χ1n) is 9.72. The van der Waals surface area contributed by atoms with E-state index >= 15 is 0 Å². The quantitative estimate of drug-likeness (QED) is 0.474. The number of fused-ring (bicyclic) bond motifs is 2. The van der Waals surface area contributed by atoms with E-state index in [4.69, 9.17) is 9.15 Å². The molecule has 0 saturated heterocycles. The first-order valence-corrected chi connectivity index (χ1v) is 9.72. The van der Waals surface area contributed by atoms with Crippen LogP contribution < -0.4 is 15.7 Å². The maximum Gasteiger partial charge on any atom is 0.336 e. The molecule has 8 nitrogen and oxygen atoms in total. The summed E-state index contributed by atoms with van der Waals surface area (Å²) >= 11 is 0. The Morgan fingerprint density at radius 3 is 2.90 bits per heavy atom. The van der Waals surface area contributed by atoms with E-state index in [1.165, 1.54) is 6.07 Å². The number of aryl methyl sites for hydroxylation is 2. The number of carbonyl (C=O) groups is 1. The molecule has 1 N–H and O–H groups in total. The molecule has 4 rings (SSSR count). The summed E-state index contributed by atoms with van der Waals surface area (Å²) in [4.78, 5) is 23.9. The van der Waals surface area contributed by atoms with Crippen LogP contribution in [0.2, 0.25) is 0 Å². The Hall–Kier alpha value is -3.68. The third kappa shape index (κ3) is 4.03. The highest BCUT2D eigenvalue weighted by molar-refractivity contribution is 5.83. The molecule has 1 amide bonds.